The van der Waals surface area contributed by atoms with E-state index in [4.69, 9.17) is 0 Å². The number of nitrogens with one attached hydrogen (secondary N) is 2. The first-order chi connectivity index (χ1) is 9.18. The molecule has 1 aromatic rings. The molecule has 2 rings (SSSR count). The number of aliphatic hydroxyl groups excluding tert-OH is 1. The highest BCUT2D eigenvalue weighted by Crippen LogP contribution is 2.22. The van der Waals surface area contributed by atoms with Crippen molar-refractivity contribution in [2.45, 2.75) is 38.3 Å². The maximum atomic E-state index is 12.2. The molecule has 1 heterocycles. The molecule has 0 fully saturated rings. The van der Waals surface area contributed by atoms with Gasteiger partial charge in [-0.1, -0.05) is 24.3 Å². The van der Waals surface area contributed by atoms with Crippen LogP contribution in [-0.2, 0) is 11.2 Å². The molecular formula is C15H22N2O2. The summed E-state index contributed by atoms with van der Waals surface area (Å²) in [4.78, 5) is 12.2. The van der Waals surface area contributed by atoms with Crippen molar-refractivity contribution in [1.29, 1.82) is 0 Å². The number of rotatable bonds is 5. The fourth-order valence-electron chi connectivity index (χ4n) is 2.45. The van der Waals surface area contributed by atoms with Crippen molar-refractivity contribution < 1.29 is 9.90 Å². The van der Waals surface area contributed by atoms with E-state index in [0.717, 1.165) is 31.4 Å². The predicted octanol–water partition coefficient (Wildman–Crippen LogP) is 1.15. The third kappa shape index (κ3) is 3.78. The molecule has 2 atom stereocenters. The van der Waals surface area contributed by atoms with Crippen LogP contribution in [0.5, 0.6) is 0 Å². The lowest BCUT2D eigenvalue weighted by atomic mass is 9.94. The largest absolute Gasteiger partial charge is 0.393 e. The molecule has 3 N–H and O–H groups in total. The fourth-order valence-corrected chi connectivity index (χ4v) is 2.45. The number of benzene rings is 1. The summed E-state index contributed by atoms with van der Waals surface area (Å²) in [5.74, 6) is 0.0257. The second-order valence-corrected chi connectivity index (χ2v) is 5.12. The molecule has 0 radical (unpaired) electrons. The zero-order chi connectivity index (χ0) is 13.7. The molecule has 2 unspecified atom stereocenters. The Morgan fingerprint density at radius 2 is 2.32 bits per heavy atom. The Morgan fingerprint density at radius 3 is 3.11 bits per heavy atom. The Balaban J connectivity index is 1.90. The van der Waals surface area contributed by atoms with Gasteiger partial charge < -0.3 is 15.7 Å². The zero-order valence-electron chi connectivity index (χ0n) is 11.4. The molecule has 1 aliphatic rings. The first-order valence-corrected chi connectivity index (χ1v) is 6.95. The number of carbonyl (C=O) groups is 1. The van der Waals surface area contributed by atoms with E-state index in [2.05, 4.69) is 16.7 Å². The lowest BCUT2D eigenvalue weighted by Gasteiger charge is -2.26. The second kappa shape index (κ2) is 6.68. The first kappa shape index (κ1) is 14.0. The lowest BCUT2D eigenvalue weighted by molar-refractivity contribution is -0.123. The van der Waals surface area contributed by atoms with Gasteiger partial charge in [0.2, 0.25) is 5.91 Å². The molecule has 0 saturated carbocycles. The van der Waals surface area contributed by atoms with Crippen LogP contribution in [0, 0.1) is 0 Å². The number of hydrogen-bond donors (Lipinski definition) is 3. The first-order valence-electron chi connectivity index (χ1n) is 6.95. The summed E-state index contributed by atoms with van der Waals surface area (Å²) in [6.45, 7) is 3.22. The zero-order valence-corrected chi connectivity index (χ0v) is 11.4. The van der Waals surface area contributed by atoms with Crippen LogP contribution in [0.3, 0.4) is 0 Å². The molecule has 1 aromatic carbocycles. The minimum absolute atomic E-state index is 0.0257. The summed E-state index contributed by atoms with van der Waals surface area (Å²) in [5, 5.41) is 15.4. The monoisotopic (exact) mass is 262 g/mol. The van der Waals surface area contributed by atoms with Crippen molar-refractivity contribution in [1.82, 2.24) is 10.6 Å². The van der Waals surface area contributed by atoms with Gasteiger partial charge in [0.25, 0.3) is 0 Å². The van der Waals surface area contributed by atoms with Gasteiger partial charge in [-0.15, -0.1) is 0 Å². The van der Waals surface area contributed by atoms with Crippen LogP contribution in [0.25, 0.3) is 0 Å². The molecule has 104 valence electrons. The highest BCUT2D eigenvalue weighted by Gasteiger charge is 2.25. The number of amides is 1. The number of hydrogen-bond acceptors (Lipinski definition) is 3. The van der Waals surface area contributed by atoms with E-state index in [1.54, 1.807) is 6.92 Å². The molecule has 0 bridgehead atoms. The van der Waals surface area contributed by atoms with E-state index in [1.807, 2.05) is 18.2 Å². The Labute approximate surface area is 114 Å². The summed E-state index contributed by atoms with van der Waals surface area (Å²) >= 11 is 0. The van der Waals surface area contributed by atoms with Gasteiger partial charge in [0, 0.05) is 13.1 Å². The Bertz CT molecular complexity index is 432. The second-order valence-electron chi connectivity index (χ2n) is 5.12. The van der Waals surface area contributed by atoms with Crippen LogP contribution >= 0.6 is 0 Å². The molecule has 4 nitrogen and oxygen atoms in total. The maximum Gasteiger partial charge on any atom is 0.241 e. The van der Waals surface area contributed by atoms with Crippen molar-refractivity contribution in [3.63, 3.8) is 0 Å². The molecule has 19 heavy (non-hydrogen) atoms. The smallest absolute Gasteiger partial charge is 0.241 e. The predicted molar refractivity (Wildman–Crippen MR) is 74.8 cm³/mol. The van der Waals surface area contributed by atoms with Gasteiger partial charge in [-0.05, 0) is 37.3 Å². The highest BCUT2D eigenvalue weighted by atomic mass is 16.3. The Kier molecular flexibility index (Phi) is 4.93. The van der Waals surface area contributed by atoms with Crippen LogP contribution in [-0.4, -0.2) is 30.2 Å². The Hall–Kier alpha value is -1.39. The van der Waals surface area contributed by atoms with Gasteiger partial charge in [0.1, 0.15) is 6.04 Å². The minimum atomic E-state index is -0.301. The van der Waals surface area contributed by atoms with Crippen molar-refractivity contribution in [3.8, 4) is 0 Å². The molecule has 0 spiro atoms. The highest BCUT2D eigenvalue weighted by molar-refractivity contribution is 5.83. The van der Waals surface area contributed by atoms with Crippen LogP contribution < -0.4 is 10.6 Å². The van der Waals surface area contributed by atoms with Gasteiger partial charge in [-0.3, -0.25) is 4.79 Å². The molecule has 1 aliphatic heterocycles. The van der Waals surface area contributed by atoms with E-state index in [1.165, 1.54) is 5.56 Å². The van der Waals surface area contributed by atoms with Crippen LogP contribution in [0.2, 0.25) is 0 Å². The Morgan fingerprint density at radius 1 is 1.53 bits per heavy atom. The van der Waals surface area contributed by atoms with Crippen molar-refractivity contribution in [2.24, 2.45) is 0 Å². The normalized spacial score (nSPS) is 19.6. The molecule has 4 heteroatoms. The third-order valence-electron chi connectivity index (χ3n) is 3.47. The number of fused-ring (bicyclic) bond motifs is 1. The molecule has 0 saturated heterocycles. The summed E-state index contributed by atoms with van der Waals surface area (Å²) in [6.07, 6.45) is 2.19. The molecule has 1 amide bonds. The van der Waals surface area contributed by atoms with E-state index in [9.17, 15) is 9.90 Å². The van der Waals surface area contributed by atoms with Gasteiger partial charge in [-0.25, -0.2) is 0 Å². The number of aliphatic hydroxyl groups is 1. The lowest BCUT2D eigenvalue weighted by Crippen LogP contribution is -2.41. The third-order valence-corrected chi connectivity index (χ3v) is 3.47. The van der Waals surface area contributed by atoms with Crippen LogP contribution in [0.15, 0.2) is 24.3 Å². The quantitative estimate of drug-likeness (QED) is 0.698. The van der Waals surface area contributed by atoms with Crippen molar-refractivity contribution in [3.05, 3.63) is 35.4 Å². The average Bonchev–Trinajstić information content (AvgIpc) is 2.42. The topological polar surface area (TPSA) is 61.4 Å². The van der Waals surface area contributed by atoms with E-state index >= 15 is 0 Å². The summed E-state index contributed by atoms with van der Waals surface area (Å²) in [6, 6.07) is 7.85. The number of carbonyl (C=O) groups excluding carboxylic acids is 1. The van der Waals surface area contributed by atoms with Crippen LogP contribution in [0.4, 0.5) is 0 Å². The fraction of sp³-hybridized carbons (Fsp3) is 0.533. The molecule has 0 aliphatic carbocycles. The SMILES string of the molecule is CC(O)CCCNC(=O)C1NCCc2ccccc21. The summed E-state index contributed by atoms with van der Waals surface area (Å²) in [5.41, 5.74) is 2.34. The standard InChI is InChI=1S/C15H22N2O2/c1-11(18)5-4-9-17-15(19)14-13-7-3-2-6-12(13)8-10-16-14/h2-3,6-7,11,14,16,18H,4-5,8-10H2,1H3,(H,17,19). The van der Waals surface area contributed by atoms with Gasteiger partial charge in [-0.2, -0.15) is 0 Å². The molecule has 0 aromatic heterocycles. The van der Waals surface area contributed by atoms with E-state index < -0.39 is 0 Å². The van der Waals surface area contributed by atoms with Gasteiger partial charge in [0.05, 0.1) is 6.10 Å². The van der Waals surface area contributed by atoms with Crippen molar-refractivity contribution in [2.75, 3.05) is 13.1 Å². The van der Waals surface area contributed by atoms with Gasteiger partial charge >= 0.3 is 0 Å². The van der Waals surface area contributed by atoms with E-state index in [-0.39, 0.29) is 18.1 Å². The minimum Gasteiger partial charge on any atom is -0.393 e. The van der Waals surface area contributed by atoms with Crippen molar-refractivity contribution >= 4 is 5.91 Å². The summed E-state index contributed by atoms with van der Waals surface area (Å²) in [7, 11) is 0. The van der Waals surface area contributed by atoms with E-state index in [0.29, 0.717) is 6.54 Å². The summed E-state index contributed by atoms with van der Waals surface area (Å²) < 4.78 is 0. The maximum absolute atomic E-state index is 12.2. The van der Waals surface area contributed by atoms with Gasteiger partial charge in [0.15, 0.2) is 0 Å². The molecular weight excluding hydrogens is 240 g/mol. The van der Waals surface area contributed by atoms with Crippen LogP contribution in [0.1, 0.15) is 36.9 Å². The average molecular weight is 262 g/mol.